The standard InChI is InChI=1S/C29H42N6O/c1-6-15-35(18-21(2)12-14-30)28-25-13-17-34(27-11-7-9-22(3)23(27)4)19-26(25)31-29(32-28)36-20-24-10-8-16-33(24)5/h7,9,11,21,24H,6,8,10,12-13,15-20H2,1-5H3/t21-,24-/m0/s1. The van der Waals surface area contributed by atoms with E-state index >= 15 is 0 Å². The smallest absolute Gasteiger partial charge is 0.318 e. The van der Waals surface area contributed by atoms with E-state index < -0.39 is 0 Å². The van der Waals surface area contributed by atoms with Gasteiger partial charge in [-0.05, 0) is 76.2 Å². The van der Waals surface area contributed by atoms with Crippen LogP contribution < -0.4 is 14.5 Å². The highest BCUT2D eigenvalue weighted by Crippen LogP contribution is 2.33. The highest BCUT2D eigenvalue weighted by Gasteiger charge is 2.28. The second-order valence-electron chi connectivity index (χ2n) is 10.6. The van der Waals surface area contributed by atoms with Gasteiger partial charge in [0.1, 0.15) is 12.4 Å². The van der Waals surface area contributed by atoms with Crippen LogP contribution >= 0.6 is 0 Å². The third kappa shape index (κ3) is 5.92. The summed E-state index contributed by atoms with van der Waals surface area (Å²) in [5, 5.41) is 9.24. The van der Waals surface area contributed by atoms with Gasteiger partial charge in [-0.3, -0.25) is 0 Å². The molecule has 2 aliphatic rings. The Morgan fingerprint density at radius 2 is 2.08 bits per heavy atom. The van der Waals surface area contributed by atoms with Crippen molar-refractivity contribution in [3.05, 3.63) is 40.6 Å². The van der Waals surface area contributed by atoms with Gasteiger partial charge < -0.3 is 19.4 Å². The molecule has 0 N–H and O–H groups in total. The minimum absolute atomic E-state index is 0.277. The number of likely N-dealkylation sites (tertiary alicyclic amines) is 1. The molecule has 0 amide bonds. The lowest BCUT2D eigenvalue weighted by Gasteiger charge is -2.35. The minimum Gasteiger partial charge on any atom is -0.462 e. The molecular formula is C29H42N6O. The van der Waals surface area contributed by atoms with Crippen molar-refractivity contribution in [3.8, 4) is 12.1 Å². The average molecular weight is 491 g/mol. The molecule has 0 spiro atoms. The molecule has 1 fully saturated rings. The van der Waals surface area contributed by atoms with Crippen molar-refractivity contribution >= 4 is 11.5 Å². The number of rotatable bonds is 10. The zero-order valence-corrected chi connectivity index (χ0v) is 22.8. The van der Waals surface area contributed by atoms with E-state index in [-0.39, 0.29) is 5.92 Å². The van der Waals surface area contributed by atoms with Crippen LogP contribution in [0.1, 0.15) is 61.9 Å². The molecule has 0 radical (unpaired) electrons. The van der Waals surface area contributed by atoms with E-state index in [4.69, 9.17) is 14.7 Å². The van der Waals surface area contributed by atoms with E-state index in [1.165, 1.54) is 28.8 Å². The summed E-state index contributed by atoms with van der Waals surface area (Å²) in [4.78, 5) is 17.2. The number of ether oxygens (including phenoxy) is 1. The van der Waals surface area contributed by atoms with Crippen LogP contribution in [0.15, 0.2) is 18.2 Å². The highest BCUT2D eigenvalue weighted by molar-refractivity contribution is 5.59. The van der Waals surface area contributed by atoms with E-state index in [0.717, 1.165) is 63.5 Å². The molecule has 36 heavy (non-hydrogen) atoms. The summed E-state index contributed by atoms with van der Waals surface area (Å²) in [6.07, 6.45) is 4.84. The Labute approximate surface area is 217 Å². The van der Waals surface area contributed by atoms with Crippen LogP contribution in [0.4, 0.5) is 11.5 Å². The van der Waals surface area contributed by atoms with E-state index in [9.17, 15) is 5.26 Å². The Kier molecular flexibility index (Phi) is 8.68. The summed E-state index contributed by atoms with van der Waals surface area (Å²) in [6, 6.07) is 9.78. The SMILES string of the molecule is CCCN(C[C@@H](C)CC#N)c1nc(OC[C@@H]2CCCN2C)nc2c1CCN(c1cccc(C)c1C)C2. The van der Waals surface area contributed by atoms with Gasteiger partial charge in [0, 0.05) is 43.3 Å². The number of nitriles is 1. The maximum Gasteiger partial charge on any atom is 0.318 e. The van der Waals surface area contributed by atoms with Crippen LogP contribution in [0.25, 0.3) is 0 Å². The lowest BCUT2D eigenvalue weighted by Crippen LogP contribution is -2.36. The van der Waals surface area contributed by atoms with Crippen molar-refractivity contribution in [2.24, 2.45) is 5.92 Å². The number of likely N-dealkylation sites (N-methyl/N-ethyl adjacent to an activating group) is 1. The lowest BCUT2D eigenvalue weighted by atomic mass is 10.0. The first-order valence-corrected chi connectivity index (χ1v) is 13.6. The van der Waals surface area contributed by atoms with Crippen LogP contribution in [0.3, 0.4) is 0 Å². The molecule has 1 saturated heterocycles. The van der Waals surface area contributed by atoms with Gasteiger partial charge in [0.25, 0.3) is 0 Å². The number of benzene rings is 1. The fourth-order valence-electron chi connectivity index (χ4n) is 5.51. The van der Waals surface area contributed by atoms with Gasteiger partial charge in [-0.25, -0.2) is 0 Å². The number of anilines is 2. The Morgan fingerprint density at radius 3 is 2.81 bits per heavy atom. The molecule has 2 aliphatic heterocycles. The third-order valence-electron chi connectivity index (χ3n) is 7.78. The maximum absolute atomic E-state index is 9.24. The van der Waals surface area contributed by atoms with Gasteiger partial charge in [-0.2, -0.15) is 15.2 Å². The van der Waals surface area contributed by atoms with Gasteiger partial charge in [0.2, 0.25) is 0 Å². The Balaban J connectivity index is 1.67. The molecule has 4 rings (SSSR count). The summed E-state index contributed by atoms with van der Waals surface area (Å²) >= 11 is 0. The number of aromatic nitrogens is 2. The fraction of sp³-hybridized carbons (Fsp3) is 0.621. The number of aryl methyl sites for hydroxylation is 1. The summed E-state index contributed by atoms with van der Waals surface area (Å²) in [5.41, 5.74) is 6.22. The van der Waals surface area contributed by atoms with Crippen LogP contribution in [0.2, 0.25) is 0 Å². The first kappa shape index (κ1) is 26.2. The zero-order valence-electron chi connectivity index (χ0n) is 22.8. The minimum atomic E-state index is 0.277. The predicted octanol–water partition coefficient (Wildman–Crippen LogP) is 4.90. The monoisotopic (exact) mass is 490 g/mol. The molecule has 0 unspecified atom stereocenters. The molecule has 0 bridgehead atoms. The van der Waals surface area contributed by atoms with Crippen molar-refractivity contribution in [3.63, 3.8) is 0 Å². The van der Waals surface area contributed by atoms with Crippen LogP contribution in [0.5, 0.6) is 6.01 Å². The molecule has 2 atom stereocenters. The van der Waals surface area contributed by atoms with E-state index in [1.807, 2.05) is 0 Å². The Morgan fingerprint density at radius 1 is 1.25 bits per heavy atom. The normalized spacial score (nSPS) is 18.6. The quantitative estimate of drug-likeness (QED) is 0.469. The van der Waals surface area contributed by atoms with Crippen molar-refractivity contribution in [2.45, 2.75) is 72.4 Å². The summed E-state index contributed by atoms with van der Waals surface area (Å²) < 4.78 is 6.27. The summed E-state index contributed by atoms with van der Waals surface area (Å²) in [7, 11) is 2.17. The van der Waals surface area contributed by atoms with Gasteiger partial charge >= 0.3 is 6.01 Å². The second-order valence-corrected chi connectivity index (χ2v) is 10.6. The van der Waals surface area contributed by atoms with Gasteiger partial charge in [-0.1, -0.05) is 26.0 Å². The molecule has 1 aromatic heterocycles. The number of hydrogen-bond acceptors (Lipinski definition) is 7. The van der Waals surface area contributed by atoms with Gasteiger partial charge in [0.15, 0.2) is 0 Å². The summed E-state index contributed by atoms with van der Waals surface area (Å²) in [6.45, 7) is 13.9. The van der Waals surface area contributed by atoms with E-state index in [1.54, 1.807) is 0 Å². The largest absolute Gasteiger partial charge is 0.462 e. The summed E-state index contributed by atoms with van der Waals surface area (Å²) in [5.74, 6) is 1.28. The van der Waals surface area contributed by atoms with Gasteiger partial charge in [0.05, 0.1) is 18.3 Å². The number of fused-ring (bicyclic) bond motifs is 1. The highest BCUT2D eigenvalue weighted by atomic mass is 16.5. The van der Waals surface area contributed by atoms with Crippen molar-refractivity contribution in [1.82, 2.24) is 14.9 Å². The van der Waals surface area contributed by atoms with E-state index in [0.29, 0.717) is 25.1 Å². The molecule has 7 heteroatoms. The van der Waals surface area contributed by atoms with Gasteiger partial charge in [-0.15, -0.1) is 0 Å². The Bertz CT molecular complexity index is 1080. The van der Waals surface area contributed by atoms with E-state index in [2.05, 4.69) is 73.7 Å². The first-order chi connectivity index (χ1) is 17.4. The zero-order chi connectivity index (χ0) is 25.7. The molecule has 1 aromatic carbocycles. The molecule has 0 saturated carbocycles. The maximum atomic E-state index is 9.24. The second kappa shape index (κ2) is 11.9. The van der Waals surface area contributed by atoms with Crippen molar-refractivity contribution in [2.75, 3.05) is 49.6 Å². The molecule has 194 valence electrons. The number of hydrogen-bond donors (Lipinski definition) is 0. The third-order valence-corrected chi connectivity index (χ3v) is 7.78. The molecule has 0 aliphatic carbocycles. The lowest BCUT2D eigenvalue weighted by molar-refractivity contribution is 0.187. The fourth-order valence-corrected chi connectivity index (χ4v) is 5.51. The predicted molar refractivity (Wildman–Crippen MR) is 146 cm³/mol. The van der Waals surface area contributed by atoms with Crippen LogP contribution in [-0.4, -0.2) is 60.7 Å². The molecule has 7 nitrogen and oxygen atoms in total. The molecular weight excluding hydrogens is 448 g/mol. The average Bonchev–Trinajstić information content (AvgIpc) is 3.28. The Hall–Kier alpha value is -2.85. The topological polar surface area (TPSA) is 68.5 Å². The molecule has 3 heterocycles. The molecule has 2 aromatic rings. The first-order valence-electron chi connectivity index (χ1n) is 13.6. The van der Waals surface area contributed by atoms with Crippen molar-refractivity contribution < 1.29 is 4.74 Å². The number of nitrogens with zero attached hydrogens (tertiary/aromatic N) is 6. The van der Waals surface area contributed by atoms with Crippen LogP contribution in [-0.2, 0) is 13.0 Å². The van der Waals surface area contributed by atoms with Crippen molar-refractivity contribution in [1.29, 1.82) is 5.26 Å². The van der Waals surface area contributed by atoms with Crippen LogP contribution in [0, 0.1) is 31.1 Å².